The van der Waals surface area contributed by atoms with Crippen LogP contribution in [-0.4, -0.2) is 41.2 Å². The summed E-state index contributed by atoms with van der Waals surface area (Å²) in [5.41, 5.74) is 5.53. The van der Waals surface area contributed by atoms with Crippen LogP contribution in [0.2, 0.25) is 0 Å². The number of likely N-dealkylation sites (tertiary alicyclic amines) is 1. The molecule has 1 heterocycles. The van der Waals surface area contributed by atoms with Gasteiger partial charge in [-0.1, -0.05) is 5.16 Å². The lowest BCUT2D eigenvalue weighted by Gasteiger charge is -2.31. The minimum Gasteiger partial charge on any atom is -0.447 e. The summed E-state index contributed by atoms with van der Waals surface area (Å²) in [5, 5.41) is 11.6. The lowest BCUT2D eigenvalue weighted by atomic mass is 9.97. The Hall–Kier alpha value is -1.46. The standard InChI is InChI=1S/C10H19N3O3/c1-7(2)16-10(14)13-5-3-4-8(6-13)9(11)12-15/h7-8,15H,3-6H2,1-2H3,(H2,11,12). The van der Waals surface area contributed by atoms with Gasteiger partial charge in [-0.15, -0.1) is 0 Å². The number of carbonyl (C=O) groups excluding carboxylic acids is 1. The number of ether oxygens (including phenoxy) is 1. The minimum atomic E-state index is -0.328. The van der Waals surface area contributed by atoms with Crippen LogP contribution in [0.1, 0.15) is 26.7 Å². The molecule has 0 aromatic rings. The first-order valence-electron chi connectivity index (χ1n) is 5.47. The van der Waals surface area contributed by atoms with Crippen LogP contribution in [0.3, 0.4) is 0 Å². The average molecular weight is 229 g/mol. The zero-order valence-corrected chi connectivity index (χ0v) is 9.72. The maximum absolute atomic E-state index is 11.6. The summed E-state index contributed by atoms with van der Waals surface area (Å²) in [6.45, 7) is 4.74. The fourth-order valence-electron chi connectivity index (χ4n) is 1.74. The van der Waals surface area contributed by atoms with Crippen molar-refractivity contribution in [2.45, 2.75) is 32.8 Å². The van der Waals surface area contributed by atoms with E-state index < -0.39 is 0 Å². The molecule has 92 valence electrons. The number of nitrogens with zero attached hydrogens (tertiary/aromatic N) is 2. The molecule has 0 aromatic carbocycles. The number of hydrogen-bond acceptors (Lipinski definition) is 4. The number of rotatable bonds is 2. The highest BCUT2D eigenvalue weighted by atomic mass is 16.6. The Morgan fingerprint density at radius 2 is 2.31 bits per heavy atom. The van der Waals surface area contributed by atoms with Gasteiger partial charge in [-0.2, -0.15) is 0 Å². The lowest BCUT2D eigenvalue weighted by molar-refractivity contribution is 0.0672. The molecular formula is C10H19N3O3. The first-order valence-corrected chi connectivity index (χ1v) is 5.47. The SMILES string of the molecule is CC(C)OC(=O)N1CCCC(C(N)=NO)C1. The van der Waals surface area contributed by atoms with Crippen molar-refractivity contribution in [2.24, 2.45) is 16.8 Å². The van der Waals surface area contributed by atoms with Crippen molar-refractivity contribution in [3.05, 3.63) is 0 Å². The number of amides is 1. The molecule has 1 unspecified atom stereocenters. The van der Waals surface area contributed by atoms with E-state index in [9.17, 15) is 4.79 Å². The van der Waals surface area contributed by atoms with Crippen LogP contribution in [0.15, 0.2) is 5.16 Å². The molecule has 1 aliphatic rings. The van der Waals surface area contributed by atoms with E-state index in [0.717, 1.165) is 12.8 Å². The molecule has 1 rings (SSSR count). The van der Waals surface area contributed by atoms with Gasteiger partial charge in [0, 0.05) is 19.0 Å². The monoisotopic (exact) mass is 229 g/mol. The number of piperidine rings is 1. The molecule has 0 bridgehead atoms. The van der Waals surface area contributed by atoms with Crippen LogP contribution < -0.4 is 5.73 Å². The Bertz CT molecular complexity index is 278. The molecule has 1 amide bonds. The Labute approximate surface area is 95.0 Å². The normalized spacial score (nSPS) is 22.3. The van der Waals surface area contributed by atoms with Gasteiger partial charge in [-0.3, -0.25) is 0 Å². The Kier molecular flexibility index (Phi) is 4.39. The van der Waals surface area contributed by atoms with Gasteiger partial charge in [-0.05, 0) is 26.7 Å². The average Bonchev–Trinajstić information content (AvgIpc) is 2.27. The number of nitrogens with two attached hydrogens (primary N) is 1. The van der Waals surface area contributed by atoms with Gasteiger partial charge in [0.1, 0.15) is 5.84 Å². The van der Waals surface area contributed by atoms with Gasteiger partial charge in [0.05, 0.1) is 6.10 Å². The van der Waals surface area contributed by atoms with E-state index in [0.29, 0.717) is 13.1 Å². The highest BCUT2D eigenvalue weighted by molar-refractivity contribution is 5.83. The third-order valence-corrected chi connectivity index (χ3v) is 2.55. The number of carbonyl (C=O) groups is 1. The first-order chi connectivity index (χ1) is 7.54. The van der Waals surface area contributed by atoms with Crippen LogP contribution in [0, 0.1) is 5.92 Å². The Balaban J connectivity index is 2.53. The molecule has 3 N–H and O–H groups in total. The summed E-state index contributed by atoms with van der Waals surface area (Å²) in [6, 6.07) is 0. The molecule has 0 spiro atoms. The molecule has 0 aromatic heterocycles. The molecular weight excluding hydrogens is 210 g/mol. The van der Waals surface area contributed by atoms with Crippen LogP contribution >= 0.6 is 0 Å². The fourth-order valence-corrected chi connectivity index (χ4v) is 1.74. The number of amidine groups is 1. The molecule has 16 heavy (non-hydrogen) atoms. The smallest absolute Gasteiger partial charge is 0.410 e. The summed E-state index contributed by atoms with van der Waals surface area (Å²) >= 11 is 0. The van der Waals surface area contributed by atoms with Gasteiger partial charge in [0.25, 0.3) is 0 Å². The first kappa shape index (κ1) is 12.6. The van der Waals surface area contributed by atoms with Crippen LogP contribution in [-0.2, 0) is 4.74 Å². The van der Waals surface area contributed by atoms with Crippen molar-refractivity contribution < 1.29 is 14.7 Å². The van der Waals surface area contributed by atoms with E-state index in [1.807, 2.05) is 13.8 Å². The second-order valence-electron chi connectivity index (χ2n) is 4.24. The zero-order chi connectivity index (χ0) is 12.1. The second-order valence-corrected chi connectivity index (χ2v) is 4.24. The molecule has 0 aliphatic carbocycles. The molecule has 6 nitrogen and oxygen atoms in total. The van der Waals surface area contributed by atoms with Crippen molar-refractivity contribution in [2.75, 3.05) is 13.1 Å². The van der Waals surface area contributed by atoms with Crippen LogP contribution in [0.4, 0.5) is 4.79 Å². The van der Waals surface area contributed by atoms with Crippen molar-refractivity contribution in [1.82, 2.24) is 4.90 Å². The highest BCUT2D eigenvalue weighted by Crippen LogP contribution is 2.17. The summed E-state index contributed by atoms with van der Waals surface area (Å²) in [6.07, 6.45) is 1.22. The van der Waals surface area contributed by atoms with Crippen molar-refractivity contribution >= 4 is 11.9 Å². The van der Waals surface area contributed by atoms with Crippen LogP contribution in [0.25, 0.3) is 0 Å². The van der Waals surface area contributed by atoms with E-state index in [4.69, 9.17) is 15.7 Å². The predicted octanol–water partition coefficient (Wildman–Crippen LogP) is 0.990. The number of hydrogen-bond donors (Lipinski definition) is 2. The third kappa shape index (κ3) is 3.29. The Morgan fingerprint density at radius 1 is 1.62 bits per heavy atom. The van der Waals surface area contributed by atoms with E-state index in [1.54, 1.807) is 4.90 Å². The highest BCUT2D eigenvalue weighted by Gasteiger charge is 2.27. The molecule has 0 saturated carbocycles. The van der Waals surface area contributed by atoms with Gasteiger partial charge < -0.3 is 20.6 Å². The quantitative estimate of drug-likeness (QED) is 0.320. The Morgan fingerprint density at radius 3 is 2.88 bits per heavy atom. The molecule has 6 heteroatoms. The van der Waals surface area contributed by atoms with Crippen molar-refractivity contribution in [3.63, 3.8) is 0 Å². The summed E-state index contributed by atoms with van der Waals surface area (Å²) < 4.78 is 5.10. The third-order valence-electron chi connectivity index (χ3n) is 2.55. The van der Waals surface area contributed by atoms with Gasteiger partial charge in [0.15, 0.2) is 0 Å². The van der Waals surface area contributed by atoms with E-state index >= 15 is 0 Å². The zero-order valence-electron chi connectivity index (χ0n) is 9.72. The van der Waals surface area contributed by atoms with E-state index in [-0.39, 0.29) is 24.0 Å². The van der Waals surface area contributed by atoms with E-state index in [1.165, 1.54) is 0 Å². The van der Waals surface area contributed by atoms with Gasteiger partial charge in [0.2, 0.25) is 0 Å². The maximum atomic E-state index is 11.6. The summed E-state index contributed by atoms with van der Waals surface area (Å²) in [4.78, 5) is 13.2. The van der Waals surface area contributed by atoms with E-state index in [2.05, 4.69) is 5.16 Å². The molecule has 0 radical (unpaired) electrons. The minimum absolute atomic E-state index is 0.0709. The summed E-state index contributed by atoms with van der Waals surface area (Å²) in [5.74, 6) is 0.112. The molecule has 1 atom stereocenters. The second kappa shape index (κ2) is 5.58. The fraction of sp³-hybridized carbons (Fsp3) is 0.800. The summed E-state index contributed by atoms with van der Waals surface area (Å²) in [7, 11) is 0. The number of oxime groups is 1. The molecule has 1 saturated heterocycles. The van der Waals surface area contributed by atoms with Crippen LogP contribution in [0.5, 0.6) is 0 Å². The lowest BCUT2D eigenvalue weighted by Crippen LogP contribution is -2.44. The molecule has 1 fully saturated rings. The predicted molar refractivity (Wildman–Crippen MR) is 59.3 cm³/mol. The van der Waals surface area contributed by atoms with Crippen molar-refractivity contribution in [1.29, 1.82) is 0 Å². The van der Waals surface area contributed by atoms with Crippen molar-refractivity contribution in [3.8, 4) is 0 Å². The van der Waals surface area contributed by atoms with Gasteiger partial charge >= 0.3 is 6.09 Å². The maximum Gasteiger partial charge on any atom is 0.410 e. The topological polar surface area (TPSA) is 88.2 Å². The molecule has 1 aliphatic heterocycles. The largest absolute Gasteiger partial charge is 0.447 e. The van der Waals surface area contributed by atoms with Gasteiger partial charge in [-0.25, -0.2) is 4.79 Å².